The maximum absolute atomic E-state index is 11.2. The molecule has 0 radical (unpaired) electrons. The summed E-state index contributed by atoms with van der Waals surface area (Å²) in [5.74, 6) is 0.306. The first kappa shape index (κ1) is 10.2. The lowest BCUT2D eigenvalue weighted by Crippen LogP contribution is -2.30. The van der Waals surface area contributed by atoms with Gasteiger partial charge in [-0.25, -0.2) is 0 Å². The summed E-state index contributed by atoms with van der Waals surface area (Å²) in [6.07, 6.45) is 1.50. The molecule has 74 valence electrons. The van der Waals surface area contributed by atoms with Gasteiger partial charge in [-0.2, -0.15) is 0 Å². The normalized spacial score (nSPS) is 18.2. The van der Waals surface area contributed by atoms with E-state index in [2.05, 4.69) is 0 Å². The molecule has 0 aromatic carbocycles. The van der Waals surface area contributed by atoms with Gasteiger partial charge in [0.15, 0.2) is 0 Å². The number of carbonyl (C=O) groups excluding carboxylic acids is 2. The van der Waals surface area contributed by atoms with Crippen molar-refractivity contribution in [3.8, 4) is 0 Å². The lowest BCUT2D eigenvalue weighted by atomic mass is 9.82. The maximum Gasteiger partial charge on any atom is 0.306 e. The monoisotopic (exact) mass is 184 g/mol. The van der Waals surface area contributed by atoms with Gasteiger partial charge in [-0.3, -0.25) is 9.59 Å². The van der Waals surface area contributed by atoms with Gasteiger partial charge in [0, 0.05) is 19.3 Å². The predicted molar refractivity (Wildman–Crippen MR) is 48.2 cm³/mol. The van der Waals surface area contributed by atoms with Crippen molar-refractivity contribution in [1.29, 1.82) is 0 Å². The molecule has 1 rings (SSSR count). The summed E-state index contributed by atoms with van der Waals surface area (Å²) in [5.41, 5.74) is -0.412. The molecule has 0 saturated heterocycles. The zero-order valence-corrected chi connectivity index (χ0v) is 8.42. The third-order valence-electron chi connectivity index (χ3n) is 1.91. The van der Waals surface area contributed by atoms with Crippen molar-refractivity contribution < 1.29 is 14.3 Å². The Labute approximate surface area is 78.5 Å². The van der Waals surface area contributed by atoms with Crippen LogP contribution in [-0.2, 0) is 14.3 Å². The Kier molecular flexibility index (Phi) is 2.74. The average Bonchev–Trinajstić information content (AvgIpc) is 1.79. The highest BCUT2D eigenvalue weighted by Gasteiger charge is 2.30. The largest absolute Gasteiger partial charge is 0.460 e. The number of ether oxygens (including phenoxy) is 1. The van der Waals surface area contributed by atoms with Gasteiger partial charge in [0.25, 0.3) is 0 Å². The van der Waals surface area contributed by atoms with Crippen LogP contribution in [-0.4, -0.2) is 17.4 Å². The highest BCUT2D eigenvalue weighted by Crippen LogP contribution is 2.27. The molecule has 0 unspecified atom stereocenters. The predicted octanol–water partition coefficient (Wildman–Crippen LogP) is 1.70. The fourth-order valence-corrected chi connectivity index (χ4v) is 1.35. The molecule has 13 heavy (non-hydrogen) atoms. The Morgan fingerprint density at radius 3 is 2.38 bits per heavy atom. The minimum Gasteiger partial charge on any atom is -0.460 e. The summed E-state index contributed by atoms with van der Waals surface area (Å²) < 4.78 is 5.13. The molecule has 1 fully saturated rings. The number of carbonyl (C=O) groups is 2. The Morgan fingerprint density at radius 1 is 1.46 bits per heavy atom. The second kappa shape index (κ2) is 3.48. The first-order valence-electron chi connectivity index (χ1n) is 4.60. The van der Waals surface area contributed by atoms with Crippen LogP contribution >= 0.6 is 0 Å². The van der Waals surface area contributed by atoms with Crippen LogP contribution in [0.5, 0.6) is 0 Å². The van der Waals surface area contributed by atoms with E-state index in [0.717, 1.165) is 0 Å². The first-order chi connectivity index (χ1) is 5.87. The smallest absolute Gasteiger partial charge is 0.306 e. The SMILES string of the molecule is CC(C)(C)OC(=O)CC1CC(=O)C1. The number of ketones is 1. The molecule has 1 saturated carbocycles. The average molecular weight is 184 g/mol. The summed E-state index contributed by atoms with van der Waals surface area (Å²) in [6, 6.07) is 0. The number of esters is 1. The summed E-state index contributed by atoms with van der Waals surface area (Å²) in [7, 11) is 0. The lowest BCUT2D eigenvalue weighted by Gasteiger charge is -2.25. The zero-order chi connectivity index (χ0) is 10.1. The molecular weight excluding hydrogens is 168 g/mol. The van der Waals surface area contributed by atoms with Crippen molar-refractivity contribution in [1.82, 2.24) is 0 Å². The molecule has 0 aliphatic heterocycles. The van der Waals surface area contributed by atoms with E-state index in [-0.39, 0.29) is 17.7 Å². The van der Waals surface area contributed by atoms with Crippen molar-refractivity contribution >= 4 is 11.8 Å². The van der Waals surface area contributed by atoms with Crippen LogP contribution in [0.1, 0.15) is 40.0 Å². The van der Waals surface area contributed by atoms with E-state index in [1.54, 1.807) is 0 Å². The zero-order valence-electron chi connectivity index (χ0n) is 8.42. The van der Waals surface area contributed by atoms with Gasteiger partial charge >= 0.3 is 5.97 Å². The van der Waals surface area contributed by atoms with Crippen molar-refractivity contribution in [3.05, 3.63) is 0 Å². The summed E-state index contributed by atoms with van der Waals surface area (Å²) in [5, 5.41) is 0. The van der Waals surface area contributed by atoms with Crippen LogP contribution in [0.2, 0.25) is 0 Å². The molecule has 1 aliphatic rings. The topological polar surface area (TPSA) is 43.4 Å². The van der Waals surface area contributed by atoms with Crippen LogP contribution in [0, 0.1) is 5.92 Å². The highest BCUT2D eigenvalue weighted by molar-refractivity contribution is 5.86. The molecule has 0 spiro atoms. The van der Waals surface area contributed by atoms with E-state index < -0.39 is 5.60 Å². The lowest BCUT2D eigenvalue weighted by molar-refractivity contribution is -0.157. The van der Waals surface area contributed by atoms with Crippen LogP contribution < -0.4 is 0 Å². The fraction of sp³-hybridized carbons (Fsp3) is 0.800. The minimum absolute atomic E-state index is 0.190. The van der Waals surface area contributed by atoms with Crippen LogP contribution in [0.3, 0.4) is 0 Å². The first-order valence-corrected chi connectivity index (χ1v) is 4.60. The minimum atomic E-state index is -0.412. The van der Waals surface area contributed by atoms with Gasteiger partial charge in [-0.15, -0.1) is 0 Å². The third kappa shape index (κ3) is 3.57. The van der Waals surface area contributed by atoms with Crippen molar-refractivity contribution in [2.75, 3.05) is 0 Å². The van der Waals surface area contributed by atoms with Gasteiger partial charge < -0.3 is 4.74 Å². The molecule has 3 nitrogen and oxygen atoms in total. The number of hydrogen-bond acceptors (Lipinski definition) is 3. The van der Waals surface area contributed by atoms with Crippen molar-refractivity contribution in [3.63, 3.8) is 0 Å². The summed E-state index contributed by atoms with van der Waals surface area (Å²) in [6.45, 7) is 5.53. The molecule has 0 aromatic heterocycles. The van der Waals surface area contributed by atoms with Crippen LogP contribution in [0.15, 0.2) is 0 Å². The Bertz CT molecular complexity index is 217. The van der Waals surface area contributed by atoms with Crippen LogP contribution in [0.4, 0.5) is 0 Å². The second-order valence-corrected chi connectivity index (χ2v) is 4.60. The van der Waals surface area contributed by atoms with Gasteiger partial charge in [0.2, 0.25) is 0 Å². The van der Waals surface area contributed by atoms with E-state index in [9.17, 15) is 9.59 Å². The molecule has 3 heteroatoms. The molecule has 0 N–H and O–H groups in total. The molecule has 0 aromatic rings. The Balaban J connectivity index is 2.22. The number of rotatable bonds is 2. The van der Waals surface area contributed by atoms with E-state index >= 15 is 0 Å². The second-order valence-electron chi connectivity index (χ2n) is 4.60. The van der Waals surface area contributed by atoms with E-state index in [1.165, 1.54) is 0 Å². The quantitative estimate of drug-likeness (QED) is 0.613. The molecule has 0 bridgehead atoms. The van der Waals surface area contributed by atoms with Gasteiger partial charge in [0.1, 0.15) is 11.4 Å². The molecule has 0 amide bonds. The van der Waals surface area contributed by atoms with Gasteiger partial charge in [0.05, 0.1) is 0 Å². The molecule has 0 heterocycles. The highest BCUT2D eigenvalue weighted by atomic mass is 16.6. The Hall–Kier alpha value is -0.860. The van der Waals surface area contributed by atoms with Gasteiger partial charge in [-0.1, -0.05) is 0 Å². The number of hydrogen-bond donors (Lipinski definition) is 0. The van der Waals surface area contributed by atoms with Crippen molar-refractivity contribution in [2.45, 2.75) is 45.6 Å². The van der Waals surface area contributed by atoms with Gasteiger partial charge in [-0.05, 0) is 26.7 Å². The summed E-state index contributed by atoms with van der Waals surface area (Å²) in [4.78, 5) is 21.9. The van der Waals surface area contributed by atoms with E-state index in [4.69, 9.17) is 4.74 Å². The maximum atomic E-state index is 11.2. The Morgan fingerprint density at radius 2 is 2.00 bits per heavy atom. The molecule has 0 atom stereocenters. The molecule has 1 aliphatic carbocycles. The van der Waals surface area contributed by atoms with Crippen molar-refractivity contribution in [2.24, 2.45) is 5.92 Å². The third-order valence-corrected chi connectivity index (χ3v) is 1.91. The number of Topliss-reactive ketones (excluding diaryl/α,β-unsaturated/α-hetero) is 1. The van der Waals surface area contributed by atoms with Crippen LogP contribution in [0.25, 0.3) is 0 Å². The van der Waals surface area contributed by atoms with E-state index in [1.807, 2.05) is 20.8 Å². The standard InChI is InChI=1S/C10H16O3/c1-10(2,3)13-9(12)6-7-4-8(11)5-7/h7H,4-6H2,1-3H3. The van der Waals surface area contributed by atoms with E-state index in [0.29, 0.717) is 19.3 Å². The fourth-order valence-electron chi connectivity index (χ4n) is 1.35. The molecular formula is C10H16O3. The summed E-state index contributed by atoms with van der Waals surface area (Å²) >= 11 is 0.